The molecule has 2 heterocycles. The van der Waals surface area contributed by atoms with Crippen molar-refractivity contribution in [2.24, 2.45) is 16.7 Å². The summed E-state index contributed by atoms with van der Waals surface area (Å²) in [7, 11) is 2.00. The predicted molar refractivity (Wildman–Crippen MR) is 110 cm³/mol. The summed E-state index contributed by atoms with van der Waals surface area (Å²) in [6.45, 7) is 10.5. The van der Waals surface area contributed by atoms with Gasteiger partial charge in [-0.2, -0.15) is 10.1 Å². The third-order valence-corrected chi connectivity index (χ3v) is 8.01. The molecule has 0 bridgehead atoms. The highest BCUT2D eigenvalue weighted by Crippen LogP contribution is 2.59. The lowest BCUT2D eigenvalue weighted by atomic mass is 9.62. The van der Waals surface area contributed by atoms with E-state index < -0.39 is 0 Å². The maximum absolute atomic E-state index is 12.9. The van der Waals surface area contributed by atoms with Crippen molar-refractivity contribution in [2.75, 3.05) is 31.7 Å². The first-order valence-corrected chi connectivity index (χ1v) is 10.3. The first-order valence-electron chi connectivity index (χ1n) is 10.3. The number of nitrogens with two attached hydrogens (primary N) is 1. The molecule has 1 amide bonds. The van der Waals surface area contributed by atoms with Crippen molar-refractivity contribution in [2.45, 2.75) is 65.0 Å². The molecule has 2 N–H and O–H groups in total. The Balaban J connectivity index is 1.73. The summed E-state index contributed by atoms with van der Waals surface area (Å²) in [5.41, 5.74) is -0.544. The summed E-state index contributed by atoms with van der Waals surface area (Å²) in [6, 6.07) is 1.92. The van der Waals surface area contributed by atoms with Crippen LogP contribution >= 0.6 is 0 Å². The van der Waals surface area contributed by atoms with Crippen LogP contribution in [-0.2, 0) is 4.79 Å². The molecule has 29 heavy (non-hydrogen) atoms. The van der Waals surface area contributed by atoms with Crippen LogP contribution in [0, 0.1) is 22.2 Å². The van der Waals surface area contributed by atoms with Gasteiger partial charge in [-0.25, -0.2) is 9.99 Å². The van der Waals surface area contributed by atoms with Crippen molar-refractivity contribution in [3.05, 3.63) is 12.7 Å². The fourth-order valence-corrected chi connectivity index (χ4v) is 5.14. The van der Waals surface area contributed by atoms with E-state index in [4.69, 9.17) is 5.84 Å². The normalized spacial score (nSPS) is 31.2. The van der Waals surface area contributed by atoms with Crippen LogP contribution in [0.25, 0.3) is 0 Å². The summed E-state index contributed by atoms with van der Waals surface area (Å²) in [6.07, 6.45) is 6.74. The molecule has 1 aliphatic carbocycles. The smallest absolute Gasteiger partial charge is 0.239 e. The second-order valence-electron chi connectivity index (χ2n) is 9.59. The van der Waals surface area contributed by atoms with Crippen LogP contribution in [0.2, 0.25) is 0 Å². The zero-order chi connectivity index (χ0) is 21.4. The molecule has 0 spiro atoms. The van der Waals surface area contributed by atoms with E-state index in [1.807, 2.05) is 7.05 Å². The molecule has 9 nitrogen and oxygen atoms in total. The van der Waals surface area contributed by atoms with Crippen molar-refractivity contribution >= 4 is 5.91 Å². The molecule has 1 saturated carbocycles. The number of nitriles is 1. The zero-order valence-electron chi connectivity index (χ0n) is 18.3. The van der Waals surface area contributed by atoms with E-state index in [0.29, 0.717) is 6.54 Å². The number of likely N-dealkylation sites (tertiary alicyclic amines) is 1. The molecule has 2 aliphatic rings. The number of hydrogen-bond donors (Lipinski definition) is 1. The first kappa shape index (κ1) is 21.5. The van der Waals surface area contributed by atoms with E-state index in [0.717, 1.165) is 32.2 Å². The molecule has 1 aliphatic heterocycles. The van der Waals surface area contributed by atoms with Crippen molar-refractivity contribution in [3.8, 4) is 6.07 Å². The molecule has 1 saturated heterocycles. The largest absolute Gasteiger partial charge is 0.325 e. The average Bonchev–Trinajstić information content (AvgIpc) is 3.39. The third kappa shape index (κ3) is 3.49. The minimum absolute atomic E-state index is 0.0358. The van der Waals surface area contributed by atoms with Gasteiger partial charge < -0.3 is 4.90 Å². The number of hydrazine groups is 1. The second-order valence-corrected chi connectivity index (χ2v) is 9.59. The van der Waals surface area contributed by atoms with Crippen LogP contribution < -0.4 is 10.9 Å². The van der Waals surface area contributed by atoms with Crippen LogP contribution in [-0.4, -0.2) is 69.0 Å². The Labute approximate surface area is 173 Å². The van der Waals surface area contributed by atoms with Gasteiger partial charge in [-0.15, -0.1) is 5.10 Å². The molecule has 160 valence electrons. The highest BCUT2D eigenvalue weighted by Gasteiger charge is 2.60. The Hall–Kier alpha value is -2.18. The fourth-order valence-electron chi connectivity index (χ4n) is 5.14. The van der Waals surface area contributed by atoms with Gasteiger partial charge in [-0.1, -0.05) is 20.8 Å². The highest BCUT2D eigenvalue weighted by molar-refractivity contribution is 5.79. The number of carbonyl (C=O) groups excluding carboxylic acids is 1. The number of carbonyl (C=O) groups is 1. The summed E-state index contributed by atoms with van der Waals surface area (Å²) >= 11 is 0. The molecule has 0 radical (unpaired) electrons. The number of aromatic nitrogens is 3. The molecule has 1 aromatic heterocycles. The average molecular weight is 403 g/mol. The molecule has 9 heteroatoms. The Kier molecular flexibility index (Phi) is 5.62. The highest BCUT2D eigenvalue weighted by atomic mass is 16.2. The topological polar surface area (TPSA) is 107 Å². The number of nitrogens with zero attached hydrogens (tertiary/aromatic N) is 7. The number of amides is 1. The Morgan fingerprint density at radius 2 is 2.07 bits per heavy atom. The zero-order valence-corrected chi connectivity index (χ0v) is 18.3. The quantitative estimate of drug-likeness (QED) is 0.561. The van der Waals surface area contributed by atoms with Gasteiger partial charge in [-0.05, 0) is 43.4 Å². The third-order valence-electron chi connectivity index (χ3n) is 8.01. The van der Waals surface area contributed by atoms with Crippen LogP contribution in [0.4, 0.5) is 0 Å². The minimum Gasteiger partial charge on any atom is -0.325 e. The number of rotatable bonds is 6. The molecular weight excluding hydrogens is 368 g/mol. The van der Waals surface area contributed by atoms with Gasteiger partial charge in [-0.3, -0.25) is 15.6 Å². The van der Waals surface area contributed by atoms with Gasteiger partial charge in [0.25, 0.3) is 0 Å². The van der Waals surface area contributed by atoms with E-state index in [1.165, 1.54) is 6.33 Å². The molecule has 3 rings (SSSR count). The molecular formula is C20H34N8O. The van der Waals surface area contributed by atoms with Crippen LogP contribution in [0.3, 0.4) is 0 Å². The van der Waals surface area contributed by atoms with Gasteiger partial charge in [0.1, 0.15) is 18.7 Å². The van der Waals surface area contributed by atoms with Gasteiger partial charge >= 0.3 is 0 Å². The van der Waals surface area contributed by atoms with E-state index in [2.05, 4.69) is 48.9 Å². The molecule has 2 fully saturated rings. The Morgan fingerprint density at radius 1 is 1.34 bits per heavy atom. The van der Waals surface area contributed by atoms with Crippen LogP contribution in [0.5, 0.6) is 0 Å². The monoisotopic (exact) mass is 402 g/mol. The summed E-state index contributed by atoms with van der Waals surface area (Å²) in [4.78, 5) is 20.3. The maximum Gasteiger partial charge on any atom is 0.239 e. The van der Waals surface area contributed by atoms with Gasteiger partial charge in [0, 0.05) is 25.7 Å². The lowest BCUT2D eigenvalue weighted by Crippen LogP contribution is -2.62. The molecule has 0 aromatic carbocycles. The van der Waals surface area contributed by atoms with E-state index >= 15 is 0 Å². The number of hydrogen-bond acceptors (Lipinski definition) is 7. The second kappa shape index (κ2) is 7.58. The van der Waals surface area contributed by atoms with E-state index in [1.54, 1.807) is 21.0 Å². The molecule has 3 atom stereocenters. The first-order chi connectivity index (χ1) is 13.6. The summed E-state index contributed by atoms with van der Waals surface area (Å²) in [5.74, 6) is 6.50. The Bertz CT molecular complexity index is 772. The van der Waals surface area contributed by atoms with Crippen LogP contribution in [0.1, 0.15) is 53.4 Å². The van der Waals surface area contributed by atoms with Crippen molar-refractivity contribution in [3.63, 3.8) is 0 Å². The lowest BCUT2D eigenvalue weighted by molar-refractivity contribution is -0.136. The van der Waals surface area contributed by atoms with E-state index in [-0.39, 0.29) is 34.9 Å². The van der Waals surface area contributed by atoms with Crippen molar-refractivity contribution in [1.29, 1.82) is 5.26 Å². The standard InChI is InChI=1S/C20H34N8O/c1-18(2)19(3,13-25(5)28-15-23-14-24-28)8-9-20(18,4)27(22)12-17(29)26-10-6-7-16(26)11-21/h14-16H,6-10,12-13,22H2,1-5H3. The Morgan fingerprint density at radius 3 is 2.69 bits per heavy atom. The molecule has 1 aromatic rings. The summed E-state index contributed by atoms with van der Waals surface area (Å²) in [5, 5.41) is 17.3. The van der Waals surface area contributed by atoms with Gasteiger partial charge in [0.2, 0.25) is 5.91 Å². The summed E-state index contributed by atoms with van der Waals surface area (Å²) < 4.78 is 0. The lowest BCUT2D eigenvalue weighted by Gasteiger charge is -2.52. The van der Waals surface area contributed by atoms with Crippen LogP contribution in [0.15, 0.2) is 12.7 Å². The fraction of sp³-hybridized carbons (Fsp3) is 0.800. The molecule has 3 unspecified atom stereocenters. The SMILES string of the molecule is CN(CC1(C)CCC(C)(N(N)CC(=O)N2CCCC2C#N)C1(C)C)n1cncn1. The van der Waals surface area contributed by atoms with Crippen molar-refractivity contribution in [1.82, 2.24) is 24.8 Å². The van der Waals surface area contributed by atoms with E-state index in [9.17, 15) is 10.1 Å². The van der Waals surface area contributed by atoms with Gasteiger partial charge in [0.15, 0.2) is 0 Å². The maximum atomic E-state index is 12.9. The van der Waals surface area contributed by atoms with Gasteiger partial charge in [0.05, 0.1) is 12.6 Å². The van der Waals surface area contributed by atoms with Crippen molar-refractivity contribution < 1.29 is 4.79 Å². The minimum atomic E-state index is -0.345. The predicted octanol–water partition coefficient (Wildman–Crippen LogP) is 1.12.